The summed E-state index contributed by atoms with van der Waals surface area (Å²) in [4.78, 5) is 19.2. The van der Waals surface area contributed by atoms with Gasteiger partial charge in [0.05, 0.1) is 22.7 Å². The number of hydrogen-bond donors (Lipinski definition) is 3. The van der Waals surface area contributed by atoms with Crippen LogP contribution in [0.3, 0.4) is 0 Å². The molecule has 11 heteroatoms. The number of aliphatic hydroxyl groups is 2. The quantitative estimate of drug-likeness (QED) is 0.511. The third-order valence-corrected chi connectivity index (χ3v) is 6.18. The number of aliphatic hydroxyl groups excluding tert-OH is 1. The highest BCUT2D eigenvalue weighted by Gasteiger charge is 2.34. The molecule has 3 N–H and O–H groups in total. The molecule has 34 heavy (non-hydrogen) atoms. The first-order valence-corrected chi connectivity index (χ1v) is 11.0. The third kappa shape index (κ3) is 5.05. The minimum Gasteiger partial charge on any atom is -0.396 e. The maximum Gasteiger partial charge on any atom is 0.451 e. The van der Waals surface area contributed by atoms with E-state index in [-0.39, 0.29) is 18.2 Å². The summed E-state index contributed by atoms with van der Waals surface area (Å²) in [5.41, 5.74) is -0.0941. The van der Waals surface area contributed by atoms with Crippen LogP contribution in [-0.2, 0) is 11.8 Å². The average Bonchev–Trinajstić information content (AvgIpc) is 3.20. The van der Waals surface area contributed by atoms with Crippen LogP contribution in [0.2, 0.25) is 0 Å². The van der Waals surface area contributed by atoms with Crippen LogP contribution in [-0.4, -0.2) is 42.5 Å². The molecule has 1 fully saturated rings. The van der Waals surface area contributed by atoms with Gasteiger partial charge in [-0.3, -0.25) is 9.48 Å². The van der Waals surface area contributed by atoms with Crippen molar-refractivity contribution in [1.29, 1.82) is 0 Å². The van der Waals surface area contributed by atoms with Crippen molar-refractivity contribution in [2.75, 3.05) is 11.9 Å². The Labute approximate surface area is 193 Å². The van der Waals surface area contributed by atoms with Crippen molar-refractivity contribution in [1.82, 2.24) is 19.7 Å². The first kappa shape index (κ1) is 24.1. The summed E-state index contributed by atoms with van der Waals surface area (Å²) in [6, 6.07) is 3.58. The molecule has 8 nitrogen and oxygen atoms in total. The summed E-state index contributed by atoms with van der Waals surface area (Å²) in [5, 5.41) is 28.1. The van der Waals surface area contributed by atoms with Crippen molar-refractivity contribution in [2.45, 2.75) is 57.3 Å². The fourth-order valence-corrected chi connectivity index (χ4v) is 4.27. The van der Waals surface area contributed by atoms with Crippen LogP contribution in [0.1, 0.15) is 67.3 Å². The molecular weight excluding hydrogens is 451 g/mol. The molecule has 0 atom stereocenters. The number of nitrogens with one attached hydrogen (secondary N) is 1. The lowest BCUT2D eigenvalue weighted by molar-refractivity contribution is -0.145. The van der Waals surface area contributed by atoms with Crippen LogP contribution in [0.15, 0.2) is 30.7 Å². The van der Waals surface area contributed by atoms with E-state index in [1.54, 1.807) is 26.0 Å². The van der Waals surface area contributed by atoms with E-state index in [0.29, 0.717) is 22.7 Å². The van der Waals surface area contributed by atoms with Gasteiger partial charge in [-0.1, -0.05) is 0 Å². The number of rotatable bonds is 5. The van der Waals surface area contributed by atoms with Crippen LogP contribution >= 0.6 is 0 Å². The molecule has 0 spiro atoms. The second-order valence-electron chi connectivity index (χ2n) is 9.23. The van der Waals surface area contributed by atoms with E-state index >= 15 is 0 Å². The minimum absolute atomic E-state index is 0.147. The number of carbonyl (C=O) groups excluding carboxylic acids is 1. The Balaban J connectivity index is 1.62. The van der Waals surface area contributed by atoms with Crippen molar-refractivity contribution in [3.8, 4) is 0 Å². The first-order valence-electron chi connectivity index (χ1n) is 11.0. The van der Waals surface area contributed by atoms with Crippen molar-refractivity contribution in [3.05, 3.63) is 47.7 Å². The molecule has 1 aromatic carbocycles. The molecule has 0 bridgehead atoms. The summed E-state index contributed by atoms with van der Waals surface area (Å²) in [7, 11) is 0. The Kier molecular flexibility index (Phi) is 6.34. The number of fused-ring (bicyclic) bond motifs is 1. The standard InChI is InChI=1S/C23H26F3N5O3/c1-22(2,34)17-8-18-14(11-31(30-18)16-5-3-13(12-32)4-6-16)7-19(17)29-20(33)15-9-27-21(28-10-15)23(24,25)26/h7-11,13,16,32,34H,3-6,12H2,1-2H3,(H,29,33)/t13-,16-. The third-order valence-electron chi connectivity index (χ3n) is 6.18. The SMILES string of the molecule is CC(C)(O)c1cc2nn([C@H]3CC[C@H](CO)CC3)cc2cc1NC(=O)c1cnc(C(F)(F)F)nc1. The fourth-order valence-electron chi connectivity index (χ4n) is 4.27. The molecule has 1 aliphatic rings. The zero-order chi connectivity index (χ0) is 24.7. The van der Waals surface area contributed by atoms with Crippen LogP contribution in [0.25, 0.3) is 10.9 Å². The van der Waals surface area contributed by atoms with E-state index in [9.17, 15) is 28.2 Å². The van der Waals surface area contributed by atoms with Gasteiger partial charge in [0.25, 0.3) is 5.91 Å². The van der Waals surface area contributed by atoms with Gasteiger partial charge >= 0.3 is 6.18 Å². The summed E-state index contributed by atoms with van der Waals surface area (Å²) < 4.78 is 40.0. The smallest absolute Gasteiger partial charge is 0.396 e. The number of benzene rings is 1. The Hall–Kier alpha value is -3.05. The zero-order valence-electron chi connectivity index (χ0n) is 18.8. The van der Waals surface area contributed by atoms with Crippen molar-refractivity contribution in [3.63, 3.8) is 0 Å². The summed E-state index contributed by atoms with van der Waals surface area (Å²) >= 11 is 0. The molecule has 182 valence electrons. The van der Waals surface area contributed by atoms with Crippen LogP contribution < -0.4 is 5.32 Å². The maximum atomic E-state index is 12.7. The zero-order valence-corrected chi connectivity index (χ0v) is 18.8. The fraction of sp³-hybridized carbons (Fsp3) is 0.478. The molecule has 0 radical (unpaired) electrons. The molecule has 2 heterocycles. The lowest BCUT2D eigenvalue weighted by atomic mass is 9.87. The first-order chi connectivity index (χ1) is 16.0. The second-order valence-corrected chi connectivity index (χ2v) is 9.23. The van der Waals surface area contributed by atoms with E-state index < -0.39 is 23.5 Å². The largest absolute Gasteiger partial charge is 0.451 e. The van der Waals surface area contributed by atoms with Crippen molar-refractivity contribution in [2.24, 2.45) is 5.92 Å². The lowest BCUT2D eigenvalue weighted by Crippen LogP contribution is -2.21. The van der Waals surface area contributed by atoms with Gasteiger partial charge in [-0.2, -0.15) is 18.3 Å². The molecule has 1 aliphatic carbocycles. The predicted molar refractivity (Wildman–Crippen MR) is 118 cm³/mol. The second kappa shape index (κ2) is 8.95. The average molecular weight is 477 g/mol. The van der Waals surface area contributed by atoms with Gasteiger partial charge in [-0.25, -0.2) is 9.97 Å². The normalized spacial score (nSPS) is 19.4. The van der Waals surface area contributed by atoms with Gasteiger partial charge < -0.3 is 15.5 Å². The molecule has 4 rings (SSSR count). The van der Waals surface area contributed by atoms with Gasteiger partial charge in [0.15, 0.2) is 0 Å². The van der Waals surface area contributed by atoms with Gasteiger partial charge in [-0.15, -0.1) is 0 Å². The van der Waals surface area contributed by atoms with E-state index in [0.717, 1.165) is 43.5 Å². The highest BCUT2D eigenvalue weighted by molar-refractivity contribution is 6.05. The minimum atomic E-state index is -4.70. The van der Waals surface area contributed by atoms with E-state index in [2.05, 4.69) is 20.4 Å². The number of nitrogens with zero attached hydrogens (tertiary/aromatic N) is 4. The topological polar surface area (TPSA) is 113 Å². The van der Waals surface area contributed by atoms with Crippen molar-refractivity contribution < 1.29 is 28.2 Å². The number of carbonyl (C=O) groups is 1. The number of anilines is 1. The molecule has 0 saturated heterocycles. The Morgan fingerprint density at radius 2 is 1.79 bits per heavy atom. The van der Waals surface area contributed by atoms with Crippen LogP contribution in [0, 0.1) is 5.92 Å². The lowest BCUT2D eigenvalue weighted by Gasteiger charge is -2.27. The molecular formula is C23H26F3N5O3. The molecule has 1 amide bonds. The van der Waals surface area contributed by atoms with E-state index in [1.807, 2.05) is 10.9 Å². The van der Waals surface area contributed by atoms with Gasteiger partial charge in [0.1, 0.15) is 0 Å². The van der Waals surface area contributed by atoms with Gasteiger partial charge in [-0.05, 0) is 57.6 Å². The van der Waals surface area contributed by atoms with Crippen molar-refractivity contribution >= 4 is 22.5 Å². The monoisotopic (exact) mass is 477 g/mol. The molecule has 0 aliphatic heterocycles. The number of aromatic nitrogens is 4. The number of hydrogen-bond acceptors (Lipinski definition) is 6. The summed E-state index contributed by atoms with van der Waals surface area (Å²) in [5.74, 6) is -1.71. The van der Waals surface area contributed by atoms with E-state index in [4.69, 9.17) is 0 Å². The number of alkyl halides is 3. The van der Waals surface area contributed by atoms with Crippen LogP contribution in [0.5, 0.6) is 0 Å². The molecule has 2 aromatic heterocycles. The van der Waals surface area contributed by atoms with E-state index in [1.165, 1.54) is 0 Å². The highest BCUT2D eigenvalue weighted by atomic mass is 19.4. The Morgan fingerprint density at radius 3 is 2.35 bits per heavy atom. The predicted octanol–water partition coefficient (Wildman–Crippen LogP) is 4.05. The Morgan fingerprint density at radius 1 is 1.15 bits per heavy atom. The number of amides is 1. The highest BCUT2D eigenvalue weighted by Crippen LogP contribution is 2.35. The molecule has 3 aromatic rings. The van der Waals surface area contributed by atoms with Gasteiger partial charge in [0, 0.05) is 41.8 Å². The van der Waals surface area contributed by atoms with Crippen LogP contribution in [0.4, 0.5) is 18.9 Å². The summed E-state index contributed by atoms with van der Waals surface area (Å²) in [6.45, 7) is 3.33. The molecule has 0 unspecified atom stereocenters. The number of halogens is 3. The molecule has 1 saturated carbocycles. The summed E-state index contributed by atoms with van der Waals surface area (Å²) in [6.07, 6.45) is 2.44. The van der Waals surface area contributed by atoms with Gasteiger partial charge in [0.2, 0.25) is 5.82 Å². The maximum absolute atomic E-state index is 12.7. The Bertz CT molecular complexity index is 1180.